The zero-order valence-electron chi connectivity index (χ0n) is 16.2. The van der Waals surface area contributed by atoms with Crippen LogP contribution in [0, 0.1) is 5.92 Å². The van der Waals surface area contributed by atoms with Gasteiger partial charge in [0.05, 0.1) is 17.1 Å². The fourth-order valence-electron chi connectivity index (χ4n) is 3.25. The third kappa shape index (κ3) is 5.39. The second kappa shape index (κ2) is 9.15. The number of anilines is 1. The number of aromatic nitrogens is 1. The first kappa shape index (κ1) is 20.9. The quantitative estimate of drug-likeness (QED) is 0.746. The van der Waals surface area contributed by atoms with E-state index in [1.165, 1.54) is 23.4 Å². The van der Waals surface area contributed by atoms with Crippen molar-refractivity contribution in [2.75, 3.05) is 18.4 Å². The molecule has 0 bridgehead atoms. The van der Waals surface area contributed by atoms with E-state index >= 15 is 0 Å². The number of hydrogen-bond acceptors (Lipinski definition) is 5. The molecule has 0 atom stereocenters. The van der Waals surface area contributed by atoms with Crippen LogP contribution in [0.25, 0.3) is 0 Å². The van der Waals surface area contributed by atoms with Crippen LogP contribution in [0.1, 0.15) is 25.5 Å². The molecule has 1 fully saturated rings. The highest BCUT2D eigenvalue weighted by Crippen LogP contribution is 2.25. The molecular weight excluding hydrogens is 392 g/mol. The van der Waals surface area contributed by atoms with Crippen LogP contribution in [0.15, 0.2) is 53.6 Å². The van der Waals surface area contributed by atoms with Crippen molar-refractivity contribution in [1.29, 1.82) is 0 Å². The molecule has 1 aliphatic rings. The van der Waals surface area contributed by atoms with E-state index in [1.807, 2.05) is 18.2 Å². The smallest absolute Gasteiger partial charge is 0.243 e. The maximum absolute atomic E-state index is 12.8. The Morgan fingerprint density at radius 1 is 1.10 bits per heavy atom. The van der Waals surface area contributed by atoms with Gasteiger partial charge in [0, 0.05) is 37.8 Å². The molecule has 2 aromatic rings. The van der Waals surface area contributed by atoms with E-state index in [0.29, 0.717) is 25.1 Å². The van der Waals surface area contributed by atoms with Gasteiger partial charge in [0.1, 0.15) is 0 Å². The predicted molar refractivity (Wildman–Crippen MR) is 108 cm³/mol. The summed E-state index contributed by atoms with van der Waals surface area (Å²) >= 11 is 0. The normalized spacial score (nSPS) is 15.6. The molecule has 0 saturated carbocycles. The number of hydrogen-bond donors (Lipinski definition) is 2. The zero-order chi connectivity index (χ0) is 20.9. The van der Waals surface area contributed by atoms with Crippen molar-refractivity contribution in [1.82, 2.24) is 14.6 Å². The van der Waals surface area contributed by atoms with E-state index in [9.17, 15) is 18.0 Å². The third-order valence-electron chi connectivity index (χ3n) is 4.81. The summed E-state index contributed by atoms with van der Waals surface area (Å²) in [6, 6.07) is 11.6. The lowest BCUT2D eigenvalue weighted by Crippen LogP contribution is -2.42. The minimum absolute atomic E-state index is 0.0765. The summed E-state index contributed by atoms with van der Waals surface area (Å²) in [5, 5.41) is 5.48. The zero-order valence-corrected chi connectivity index (χ0v) is 17.0. The maximum Gasteiger partial charge on any atom is 0.243 e. The molecule has 0 aliphatic carbocycles. The number of benzene rings is 1. The van der Waals surface area contributed by atoms with Crippen molar-refractivity contribution in [3.05, 3.63) is 54.4 Å². The highest BCUT2D eigenvalue weighted by atomic mass is 32.2. The number of piperidine rings is 1. The summed E-state index contributed by atoms with van der Waals surface area (Å²) in [5.74, 6) is -0.510. The van der Waals surface area contributed by atoms with Gasteiger partial charge in [-0.05, 0) is 49.2 Å². The van der Waals surface area contributed by atoms with Crippen LogP contribution < -0.4 is 10.6 Å². The number of nitrogens with zero attached hydrogens (tertiary/aromatic N) is 2. The van der Waals surface area contributed by atoms with Crippen LogP contribution in [0.3, 0.4) is 0 Å². The Hall–Kier alpha value is -2.78. The minimum atomic E-state index is -3.63. The van der Waals surface area contributed by atoms with Crippen molar-refractivity contribution in [3.63, 3.8) is 0 Å². The average molecular weight is 417 g/mol. The van der Waals surface area contributed by atoms with Crippen LogP contribution in [-0.4, -0.2) is 42.6 Å². The van der Waals surface area contributed by atoms with Gasteiger partial charge in [-0.2, -0.15) is 4.31 Å². The first-order chi connectivity index (χ1) is 13.9. The lowest BCUT2D eigenvalue weighted by atomic mass is 9.97. The lowest BCUT2D eigenvalue weighted by molar-refractivity contribution is -0.126. The lowest BCUT2D eigenvalue weighted by Gasteiger charge is -2.30. The molecule has 2 N–H and O–H groups in total. The van der Waals surface area contributed by atoms with Crippen LogP contribution >= 0.6 is 0 Å². The van der Waals surface area contributed by atoms with E-state index in [2.05, 4.69) is 15.6 Å². The average Bonchev–Trinajstić information content (AvgIpc) is 2.73. The van der Waals surface area contributed by atoms with Gasteiger partial charge >= 0.3 is 0 Å². The third-order valence-corrected chi connectivity index (χ3v) is 6.72. The largest absolute Gasteiger partial charge is 0.350 e. The molecule has 2 amide bonds. The first-order valence-corrected chi connectivity index (χ1v) is 10.9. The molecule has 2 heterocycles. The molecule has 8 nitrogen and oxygen atoms in total. The minimum Gasteiger partial charge on any atom is -0.350 e. The maximum atomic E-state index is 12.8. The van der Waals surface area contributed by atoms with Gasteiger partial charge < -0.3 is 10.6 Å². The van der Waals surface area contributed by atoms with E-state index in [4.69, 9.17) is 0 Å². The highest BCUT2D eigenvalue weighted by Gasteiger charge is 2.32. The Balaban J connectivity index is 1.55. The van der Waals surface area contributed by atoms with Crippen LogP contribution in [0.2, 0.25) is 0 Å². The van der Waals surface area contributed by atoms with Crippen molar-refractivity contribution in [2.45, 2.75) is 31.2 Å². The van der Waals surface area contributed by atoms with Crippen molar-refractivity contribution < 1.29 is 18.0 Å². The summed E-state index contributed by atoms with van der Waals surface area (Å²) in [6.45, 7) is 2.33. The Labute approximate surface area is 170 Å². The molecule has 29 heavy (non-hydrogen) atoms. The molecule has 1 aromatic carbocycles. The topological polar surface area (TPSA) is 108 Å². The summed E-state index contributed by atoms with van der Waals surface area (Å²) in [4.78, 5) is 27.8. The van der Waals surface area contributed by atoms with E-state index in [1.54, 1.807) is 18.3 Å². The number of sulfonamides is 1. The predicted octanol–water partition coefficient (Wildman–Crippen LogP) is 1.76. The van der Waals surface area contributed by atoms with Crippen LogP contribution in [-0.2, 0) is 26.2 Å². The van der Waals surface area contributed by atoms with Gasteiger partial charge in [-0.15, -0.1) is 0 Å². The summed E-state index contributed by atoms with van der Waals surface area (Å²) < 4.78 is 27.1. The second-order valence-electron chi connectivity index (χ2n) is 6.92. The molecule has 9 heteroatoms. The Bertz CT molecular complexity index is 954. The monoisotopic (exact) mass is 416 g/mol. The van der Waals surface area contributed by atoms with Gasteiger partial charge in [0.15, 0.2) is 0 Å². The highest BCUT2D eigenvalue weighted by molar-refractivity contribution is 7.89. The number of carbonyl (C=O) groups excluding carboxylic acids is 2. The summed E-state index contributed by atoms with van der Waals surface area (Å²) in [6.07, 6.45) is 2.61. The SMILES string of the molecule is CC(=O)Nc1ccc(S(=O)(=O)N2CCC(C(=O)NCc3ccccn3)CC2)cc1. The molecule has 154 valence electrons. The van der Waals surface area contributed by atoms with Crippen molar-refractivity contribution in [2.24, 2.45) is 5.92 Å². The molecule has 0 radical (unpaired) electrons. The first-order valence-electron chi connectivity index (χ1n) is 9.41. The van der Waals surface area contributed by atoms with Crippen LogP contribution in [0.4, 0.5) is 5.69 Å². The molecule has 1 aliphatic heterocycles. The molecule has 1 saturated heterocycles. The number of nitrogens with one attached hydrogen (secondary N) is 2. The number of pyridine rings is 1. The summed E-state index contributed by atoms with van der Waals surface area (Å²) in [7, 11) is -3.63. The van der Waals surface area contributed by atoms with Crippen LogP contribution in [0.5, 0.6) is 0 Å². The van der Waals surface area contributed by atoms with Gasteiger partial charge in [-0.25, -0.2) is 8.42 Å². The number of carbonyl (C=O) groups is 2. The van der Waals surface area contributed by atoms with E-state index in [-0.39, 0.29) is 35.7 Å². The molecule has 1 aromatic heterocycles. The Kier molecular flexibility index (Phi) is 6.60. The number of rotatable bonds is 6. The van der Waals surface area contributed by atoms with Gasteiger partial charge in [-0.3, -0.25) is 14.6 Å². The van der Waals surface area contributed by atoms with Crippen molar-refractivity contribution in [3.8, 4) is 0 Å². The molecule has 0 unspecified atom stereocenters. The fraction of sp³-hybridized carbons (Fsp3) is 0.350. The second-order valence-corrected chi connectivity index (χ2v) is 8.86. The molecule has 3 rings (SSSR count). The van der Waals surface area contributed by atoms with Crippen molar-refractivity contribution >= 4 is 27.5 Å². The Morgan fingerprint density at radius 2 is 1.79 bits per heavy atom. The number of amides is 2. The fourth-order valence-corrected chi connectivity index (χ4v) is 4.72. The molecular formula is C20H24N4O4S. The standard InChI is InChI=1S/C20H24N4O4S/c1-15(25)23-17-5-7-19(8-6-17)29(27,28)24-12-9-16(10-13-24)20(26)22-14-18-4-2-3-11-21-18/h2-8,11,16H,9-10,12-14H2,1H3,(H,22,26)(H,23,25). The van der Waals surface area contributed by atoms with Gasteiger partial charge in [0.2, 0.25) is 21.8 Å². The van der Waals surface area contributed by atoms with Gasteiger partial charge in [0.25, 0.3) is 0 Å². The Morgan fingerprint density at radius 3 is 2.38 bits per heavy atom. The van der Waals surface area contributed by atoms with E-state index < -0.39 is 10.0 Å². The molecule has 0 spiro atoms. The summed E-state index contributed by atoms with van der Waals surface area (Å²) in [5.41, 5.74) is 1.32. The van der Waals surface area contributed by atoms with E-state index in [0.717, 1.165) is 5.69 Å². The van der Waals surface area contributed by atoms with Gasteiger partial charge in [-0.1, -0.05) is 6.07 Å².